The Morgan fingerprint density at radius 1 is 1.33 bits per heavy atom. The van der Waals surface area contributed by atoms with Crippen LogP contribution in [0.15, 0.2) is 24.3 Å². The molecule has 8 nitrogen and oxygen atoms in total. The van der Waals surface area contributed by atoms with Gasteiger partial charge in [-0.15, -0.1) is 0 Å². The van der Waals surface area contributed by atoms with E-state index in [-0.39, 0.29) is 18.7 Å². The van der Waals surface area contributed by atoms with Crippen molar-refractivity contribution in [2.24, 2.45) is 11.8 Å². The van der Waals surface area contributed by atoms with Crippen LogP contribution in [0.4, 0.5) is 14.5 Å². The summed E-state index contributed by atoms with van der Waals surface area (Å²) in [5.74, 6) is -6.32. The SMILES string of the molecule is C[C@@H](Nc1cccc(Cl)c1)C(=O)N1[C@@H]2CC[C@H]([C@@H]1C(=O)N[C@@H](C#N)C[C@@H]1CCCNC1=O)C(F)(F)C2. The molecule has 194 valence electrons. The lowest BCUT2D eigenvalue weighted by atomic mass is 9.71. The molecule has 0 aromatic heterocycles. The number of carbonyl (C=O) groups is 3. The van der Waals surface area contributed by atoms with Crippen LogP contribution in [-0.4, -0.2) is 59.3 Å². The predicted molar refractivity (Wildman–Crippen MR) is 129 cm³/mol. The van der Waals surface area contributed by atoms with Crippen molar-refractivity contribution < 1.29 is 23.2 Å². The van der Waals surface area contributed by atoms with Crippen molar-refractivity contribution in [1.29, 1.82) is 5.26 Å². The van der Waals surface area contributed by atoms with Crippen molar-refractivity contribution in [3.63, 3.8) is 0 Å². The lowest BCUT2D eigenvalue weighted by Gasteiger charge is -2.54. The minimum Gasteiger partial charge on any atom is -0.374 e. The molecule has 1 aromatic rings. The normalized spacial score (nSPS) is 28.4. The number of hydrogen-bond acceptors (Lipinski definition) is 5. The van der Waals surface area contributed by atoms with E-state index in [1.165, 1.54) is 4.90 Å². The van der Waals surface area contributed by atoms with E-state index in [1.807, 2.05) is 6.07 Å². The molecule has 3 amide bonds. The molecule has 1 saturated carbocycles. The number of piperidine rings is 3. The molecular formula is C25H30ClF2N5O3. The van der Waals surface area contributed by atoms with Gasteiger partial charge in [-0.25, -0.2) is 8.78 Å². The maximum Gasteiger partial charge on any atom is 0.255 e. The first-order valence-corrected chi connectivity index (χ1v) is 12.7. The quantitative estimate of drug-likeness (QED) is 0.510. The van der Waals surface area contributed by atoms with Gasteiger partial charge >= 0.3 is 0 Å². The summed E-state index contributed by atoms with van der Waals surface area (Å²) in [5.41, 5.74) is 0.590. The predicted octanol–water partition coefficient (Wildman–Crippen LogP) is 3.08. The highest BCUT2D eigenvalue weighted by atomic mass is 35.5. The van der Waals surface area contributed by atoms with Gasteiger partial charge in [-0.05, 0) is 57.2 Å². The fraction of sp³-hybridized carbons (Fsp3) is 0.600. The number of fused-ring (bicyclic) bond motifs is 3. The first kappa shape index (κ1) is 26.1. The van der Waals surface area contributed by atoms with Gasteiger partial charge in [0.1, 0.15) is 18.1 Å². The molecule has 3 saturated heterocycles. The molecular weight excluding hydrogens is 492 g/mol. The molecule has 36 heavy (non-hydrogen) atoms. The molecule has 11 heteroatoms. The summed E-state index contributed by atoms with van der Waals surface area (Å²) in [4.78, 5) is 40.3. The first-order valence-electron chi connectivity index (χ1n) is 12.3. The van der Waals surface area contributed by atoms with Gasteiger partial charge in [0.15, 0.2) is 0 Å². The molecule has 3 N–H and O–H groups in total. The van der Waals surface area contributed by atoms with Gasteiger partial charge in [-0.3, -0.25) is 14.4 Å². The van der Waals surface area contributed by atoms with Gasteiger partial charge in [0.25, 0.3) is 5.92 Å². The standard InChI is InChI=1S/C25H30ClF2N5O3/c1-14(31-17-6-2-5-16(26)11-17)24(36)33-19-7-8-20(25(27,28)12-19)21(33)23(35)32-18(13-29)10-15-4-3-9-30-22(15)34/h2,5-6,11,14-15,18-21,31H,3-4,7-10,12H2,1H3,(H,30,34)(H,32,35)/t14-,15+,18-,19-,20-,21-/m1/s1. The minimum atomic E-state index is -3.10. The lowest BCUT2D eigenvalue weighted by Crippen LogP contribution is -2.70. The molecule has 1 aliphatic carbocycles. The Bertz CT molecular complexity index is 1060. The molecule has 4 fully saturated rings. The van der Waals surface area contributed by atoms with E-state index in [0.717, 1.165) is 6.42 Å². The van der Waals surface area contributed by atoms with Gasteiger partial charge in [0.2, 0.25) is 17.7 Å². The van der Waals surface area contributed by atoms with Crippen molar-refractivity contribution in [2.45, 2.75) is 75.5 Å². The van der Waals surface area contributed by atoms with E-state index in [4.69, 9.17) is 11.6 Å². The van der Waals surface area contributed by atoms with Gasteiger partial charge in [0.05, 0.1) is 12.0 Å². The summed E-state index contributed by atoms with van der Waals surface area (Å²) < 4.78 is 29.8. The molecule has 3 heterocycles. The highest BCUT2D eigenvalue weighted by Gasteiger charge is 2.60. The molecule has 0 unspecified atom stereocenters. The average molecular weight is 522 g/mol. The van der Waals surface area contributed by atoms with E-state index >= 15 is 0 Å². The lowest BCUT2D eigenvalue weighted by molar-refractivity contribution is -0.194. The van der Waals surface area contributed by atoms with E-state index in [2.05, 4.69) is 16.0 Å². The second kappa shape index (κ2) is 10.6. The number of carbonyl (C=O) groups excluding carboxylic acids is 3. The molecule has 0 radical (unpaired) electrons. The monoisotopic (exact) mass is 521 g/mol. The van der Waals surface area contributed by atoms with Crippen molar-refractivity contribution in [3.8, 4) is 6.07 Å². The zero-order chi connectivity index (χ0) is 26.0. The Morgan fingerprint density at radius 2 is 2.11 bits per heavy atom. The number of nitriles is 1. The molecule has 0 spiro atoms. The third-order valence-electron chi connectivity index (χ3n) is 7.43. The summed E-state index contributed by atoms with van der Waals surface area (Å²) >= 11 is 6.02. The highest BCUT2D eigenvalue weighted by Crippen LogP contribution is 2.49. The summed E-state index contributed by atoms with van der Waals surface area (Å²) in [5, 5.41) is 18.4. The average Bonchev–Trinajstić information content (AvgIpc) is 2.83. The maximum absolute atomic E-state index is 14.9. The summed E-state index contributed by atoms with van der Waals surface area (Å²) in [7, 11) is 0. The number of benzene rings is 1. The summed E-state index contributed by atoms with van der Waals surface area (Å²) in [6.45, 7) is 2.18. The largest absolute Gasteiger partial charge is 0.374 e. The van der Waals surface area contributed by atoms with Crippen LogP contribution in [-0.2, 0) is 14.4 Å². The Kier molecular flexibility index (Phi) is 7.69. The van der Waals surface area contributed by atoms with Crippen molar-refractivity contribution in [2.75, 3.05) is 11.9 Å². The van der Waals surface area contributed by atoms with Crippen molar-refractivity contribution >= 4 is 35.0 Å². The molecule has 2 bridgehead atoms. The van der Waals surface area contributed by atoms with Crippen LogP contribution in [0.1, 0.15) is 45.4 Å². The Balaban J connectivity index is 1.52. The van der Waals surface area contributed by atoms with Crippen LogP contribution in [0.25, 0.3) is 0 Å². The summed E-state index contributed by atoms with van der Waals surface area (Å²) in [6, 6.07) is 4.74. The minimum absolute atomic E-state index is 0.0892. The number of amides is 3. The van der Waals surface area contributed by atoms with Crippen LogP contribution in [0, 0.1) is 23.2 Å². The van der Waals surface area contributed by atoms with Crippen LogP contribution < -0.4 is 16.0 Å². The van der Waals surface area contributed by atoms with E-state index in [9.17, 15) is 28.4 Å². The van der Waals surface area contributed by atoms with Crippen LogP contribution in [0.2, 0.25) is 5.02 Å². The topological polar surface area (TPSA) is 114 Å². The van der Waals surface area contributed by atoms with Gasteiger partial charge in [-0.1, -0.05) is 17.7 Å². The van der Waals surface area contributed by atoms with Crippen LogP contribution >= 0.6 is 11.6 Å². The Hall–Kier alpha value is -2.93. The number of hydrogen-bond donors (Lipinski definition) is 3. The second-order valence-corrected chi connectivity index (χ2v) is 10.4. The smallest absolute Gasteiger partial charge is 0.255 e. The zero-order valence-corrected chi connectivity index (χ0v) is 20.7. The fourth-order valence-corrected chi connectivity index (χ4v) is 5.87. The third-order valence-corrected chi connectivity index (χ3v) is 7.66. The first-order chi connectivity index (χ1) is 17.1. The van der Waals surface area contributed by atoms with E-state index in [0.29, 0.717) is 30.1 Å². The maximum atomic E-state index is 14.9. The van der Waals surface area contributed by atoms with E-state index in [1.54, 1.807) is 31.2 Å². The Labute approximate surface area is 213 Å². The van der Waals surface area contributed by atoms with Gasteiger partial charge < -0.3 is 20.9 Å². The number of alkyl halides is 2. The highest BCUT2D eigenvalue weighted by molar-refractivity contribution is 6.30. The zero-order valence-electron chi connectivity index (χ0n) is 20.0. The van der Waals surface area contributed by atoms with Crippen LogP contribution in [0.5, 0.6) is 0 Å². The Morgan fingerprint density at radius 3 is 2.78 bits per heavy atom. The molecule has 5 rings (SSSR count). The number of rotatable bonds is 7. The fourth-order valence-electron chi connectivity index (χ4n) is 5.68. The van der Waals surface area contributed by atoms with Gasteiger partial charge in [0, 0.05) is 35.6 Å². The molecule has 6 atom stereocenters. The molecule has 3 aliphatic heterocycles. The number of halogens is 3. The molecule has 1 aromatic carbocycles. The molecule has 4 aliphatic rings. The van der Waals surface area contributed by atoms with Crippen molar-refractivity contribution in [1.82, 2.24) is 15.5 Å². The second-order valence-electron chi connectivity index (χ2n) is 9.93. The van der Waals surface area contributed by atoms with Crippen molar-refractivity contribution in [3.05, 3.63) is 29.3 Å². The number of anilines is 1. The number of nitrogens with one attached hydrogen (secondary N) is 3. The van der Waals surface area contributed by atoms with E-state index < -0.39 is 60.2 Å². The third kappa shape index (κ3) is 5.41. The van der Waals surface area contributed by atoms with Gasteiger partial charge in [-0.2, -0.15) is 5.26 Å². The van der Waals surface area contributed by atoms with Crippen LogP contribution in [0.3, 0.4) is 0 Å². The summed E-state index contributed by atoms with van der Waals surface area (Å²) in [6.07, 6.45) is 1.43. The number of nitrogens with zero attached hydrogens (tertiary/aromatic N) is 2.